The number of carbonyl (C=O) groups excluding carboxylic acids is 1. The number of ether oxygens (including phenoxy) is 1. The first kappa shape index (κ1) is 11.2. The number of aryl methyl sites for hydroxylation is 1. The third-order valence-electron chi connectivity index (χ3n) is 2.84. The van der Waals surface area contributed by atoms with Gasteiger partial charge >= 0.3 is 0 Å². The van der Waals surface area contributed by atoms with Crippen molar-refractivity contribution in [2.24, 2.45) is 7.05 Å². The second-order valence-corrected chi connectivity index (χ2v) is 4.21. The van der Waals surface area contributed by atoms with Crippen molar-refractivity contribution in [3.8, 4) is 0 Å². The molecule has 1 aliphatic heterocycles. The van der Waals surface area contributed by atoms with Gasteiger partial charge < -0.3 is 19.7 Å². The van der Waals surface area contributed by atoms with Gasteiger partial charge in [0.2, 0.25) is 0 Å². The topological polar surface area (TPSA) is 63.5 Å². The van der Waals surface area contributed by atoms with Crippen molar-refractivity contribution < 1.29 is 14.6 Å². The largest absolute Gasteiger partial charge is 0.386 e. The molecule has 0 saturated carbocycles. The highest BCUT2D eigenvalue weighted by Crippen LogP contribution is 2.17. The molecule has 1 fully saturated rings. The molecular weight excluding hydrogens is 208 g/mol. The van der Waals surface area contributed by atoms with Gasteiger partial charge in [0, 0.05) is 32.8 Å². The fourth-order valence-electron chi connectivity index (χ4n) is 1.77. The van der Waals surface area contributed by atoms with Crippen molar-refractivity contribution in [3.05, 3.63) is 24.0 Å². The minimum Gasteiger partial charge on any atom is -0.386 e. The molecular formula is C11H16N2O3. The number of carbonyl (C=O) groups is 1. The van der Waals surface area contributed by atoms with Gasteiger partial charge in [0.25, 0.3) is 5.91 Å². The second-order valence-electron chi connectivity index (χ2n) is 4.21. The number of nitrogens with one attached hydrogen (secondary N) is 1. The molecule has 0 aliphatic carbocycles. The lowest BCUT2D eigenvalue weighted by Crippen LogP contribution is -2.43. The molecule has 0 radical (unpaired) electrons. The molecule has 1 unspecified atom stereocenters. The molecule has 1 atom stereocenters. The van der Waals surface area contributed by atoms with Crippen LogP contribution >= 0.6 is 0 Å². The summed E-state index contributed by atoms with van der Waals surface area (Å²) in [7, 11) is 1.81. The molecule has 1 amide bonds. The lowest BCUT2D eigenvalue weighted by molar-refractivity contribution is 0.0263. The molecule has 16 heavy (non-hydrogen) atoms. The van der Waals surface area contributed by atoms with Gasteiger partial charge in [0.05, 0.1) is 6.61 Å². The van der Waals surface area contributed by atoms with Crippen molar-refractivity contribution in [2.75, 3.05) is 19.8 Å². The van der Waals surface area contributed by atoms with E-state index in [4.69, 9.17) is 4.74 Å². The van der Waals surface area contributed by atoms with E-state index in [1.54, 1.807) is 10.6 Å². The average Bonchev–Trinajstić information content (AvgIpc) is 2.85. The minimum atomic E-state index is -0.902. The average molecular weight is 224 g/mol. The maximum absolute atomic E-state index is 11.7. The number of amides is 1. The minimum absolute atomic E-state index is 0.173. The van der Waals surface area contributed by atoms with E-state index >= 15 is 0 Å². The lowest BCUT2D eigenvalue weighted by atomic mass is 10.0. The zero-order chi connectivity index (χ0) is 11.6. The monoisotopic (exact) mass is 224 g/mol. The summed E-state index contributed by atoms with van der Waals surface area (Å²) in [5, 5.41) is 12.7. The van der Waals surface area contributed by atoms with Gasteiger partial charge in [-0.3, -0.25) is 4.79 Å². The third-order valence-corrected chi connectivity index (χ3v) is 2.84. The van der Waals surface area contributed by atoms with Crippen LogP contribution in [0.15, 0.2) is 18.3 Å². The molecule has 1 aromatic heterocycles. The Morgan fingerprint density at radius 2 is 2.56 bits per heavy atom. The maximum atomic E-state index is 11.7. The number of hydrogen-bond donors (Lipinski definition) is 2. The van der Waals surface area contributed by atoms with E-state index in [0.29, 0.717) is 25.3 Å². The fourth-order valence-corrected chi connectivity index (χ4v) is 1.77. The molecule has 2 heterocycles. The number of aromatic nitrogens is 1. The van der Waals surface area contributed by atoms with Gasteiger partial charge in [-0.05, 0) is 12.1 Å². The normalized spacial score (nSPS) is 24.6. The van der Waals surface area contributed by atoms with Crippen LogP contribution in [-0.4, -0.2) is 40.9 Å². The first-order valence-electron chi connectivity index (χ1n) is 5.30. The Balaban J connectivity index is 1.91. The quantitative estimate of drug-likeness (QED) is 0.754. The van der Waals surface area contributed by atoms with Gasteiger partial charge in [0.1, 0.15) is 11.3 Å². The summed E-state index contributed by atoms with van der Waals surface area (Å²) in [5.74, 6) is -0.173. The third kappa shape index (κ3) is 2.25. The molecule has 1 saturated heterocycles. The molecule has 2 N–H and O–H groups in total. The zero-order valence-corrected chi connectivity index (χ0v) is 9.27. The molecule has 2 rings (SSSR count). The smallest absolute Gasteiger partial charge is 0.267 e. The van der Waals surface area contributed by atoms with Crippen molar-refractivity contribution in [1.82, 2.24) is 9.88 Å². The Labute approximate surface area is 94.0 Å². The number of nitrogens with zero attached hydrogens (tertiary/aromatic N) is 1. The number of hydrogen-bond acceptors (Lipinski definition) is 3. The highest BCUT2D eigenvalue weighted by Gasteiger charge is 2.32. The van der Waals surface area contributed by atoms with E-state index in [-0.39, 0.29) is 12.5 Å². The second kappa shape index (κ2) is 4.27. The first-order chi connectivity index (χ1) is 7.61. The molecule has 5 nitrogen and oxygen atoms in total. The van der Waals surface area contributed by atoms with E-state index in [0.717, 1.165) is 0 Å². The van der Waals surface area contributed by atoms with Crippen LogP contribution in [0.5, 0.6) is 0 Å². The highest BCUT2D eigenvalue weighted by atomic mass is 16.5. The van der Waals surface area contributed by atoms with Crippen LogP contribution in [0.3, 0.4) is 0 Å². The van der Waals surface area contributed by atoms with E-state index < -0.39 is 5.60 Å². The van der Waals surface area contributed by atoms with Gasteiger partial charge in [-0.15, -0.1) is 0 Å². The summed E-state index contributed by atoms with van der Waals surface area (Å²) in [6.45, 7) is 1.08. The Hall–Kier alpha value is -1.33. The van der Waals surface area contributed by atoms with Crippen molar-refractivity contribution in [1.29, 1.82) is 0 Å². The molecule has 5 heteroatoms. The Bertz CT molecular complexity index is 380. The SMILES string of the molecule is Cn1cccc1C(=O)NCC1(O)CCOC1. The first-order valence-corrected chi connectivity index (χ1v) is 5.30. The molecule has 1 aromatic rings. The van der Waals surface area contributed by atoms with E-state index in [1.807, 2.05) is 19.3 Å². The summed E-state index contributed by atoms with van der Waals surface area (Å²) in [4.78, 5) is 11.7. The van der Waals surface area contributed by atoms with Crippen LogP contribution in [0.4, 0.5) is 0 Å². The predicted octanol–water partition coefficient (Wildman–Crippen LogP) is -0.0937. The van der Waals surface area contributed by atoms with Crippen LogP contribution in [0.25, 0.3) is 0 Å². The van der Waals surface area contributed by atoms with E-state index in [1.165, 1.54) is 0 Å². The Morgan fingerprint density at radius 3 is 3.12 bits per heavy atom. The van der Waals surface area contributed by atoms with Crippen molar-refractivity contribution in [2.45, 2.75) is 12.0 Å². The van der Waals surface area contributed by atoms with Crippen LogP contribution in [0.1, 0.15) is 16.9 Å². The van der Waals surface area contributed by atoms with Crippen LogP contribution in [-0.2, 0) is 11.8 Å². The van der Waals surface area contributed by atoms with Gasteiger partial charge in [-0.25, -0.2) is 0 Å². The summed E-state index contributed by atoms with van der Waals surface area (Å²) in [6, 6.07) is 3.55. The standard InChI is InChI=1S/C11H16N2O3/c1-13-5-2-3-9(13)10(14)12-7-11(15)4-6-16-8-11/h2-3,5,15H,4,6-8H2,1H3,(H,12,14). The van der Waals surface area contributed by atoms with E-state index in [9.17, 15) is 9.90 Å². The molecule has 0 bridgehead atoms. The maximum Gasteiger partial charge on any atom is 0.267 e. The Kier molecular flexibility index (Phi) is 2.98. The van der Waals surface area contributed by atoms with Crippen molar-refractivity contribution in [3.63, 3.8) is 0 Å². The summed E-state index contributed by atoms with van der Waals surface area (Å²) >= 11 is 0. The highest BCUT2D eigenvalue weighted by molar-refractivity contribution is 5.92. The number of rotatable bonds is 3. The predicted molar refractivity (Wildman–Crippen MR) is 58.1 cm³/mol. The molecule has 88 valence electrons. The summed E-state index contributed by atoms with van der Waals surface area (Å²) in [6.07, 6.45) is 2.38. The van der Waals surface area contributed by atoms with Gasteiger partial charge in [0.15, 0.2) is 0 Å². The summed E-state index contributed by atoms with van der Waals surface area (Å²) < 4.78 is 6.84. The lowest BCUT2D eigenvalue weighted by Gasteiger charge is -2.20. The van der Waals surface area contributed by atoms with Crippen LogP contribution in [0, 0.1) is 0 Å². The molecule has 0 spiro atoms. The van der Waals surface area contributed by atoms with E-state index in [2.05, 4.69) is 5.32 Å². The Morgan fingerprint density at radius 1 is 1.75 bits per heavy atom. The van der Waals surface area contributed by atoms with Crippen LogP contribution < -0.4 is 5.32 Å². The zero-order valence-electron chi connectivity index (χ0n) is 9.27. The molecule has 0 aromatic carbocycles. The molecule has 1 aliphatic rings. The van der Waals surface area contributed by atoms with Crippen LogP contribution in [0.2, 0.25) is 0 Å². The van der Waals surface area contributed by atoms with Gasteiger partial charge in [-0.1, -0.05) is 0 Å². The van der Waals surface area contributed by atoms with Gasteiger partial charge in [-0.2, -0.15) is 0 Å². The number of aliphatic hydroxyl groups is 1. The van der Waals surface area contributed by atoms with Crippen molar-refractivity contribution >= 4 is 5.91 Å². The fraction of sp³-hybridized carbons (Fsp3) is 0.545. The summed E-state index contributed by atoms with van der Waals surface area (Å²) in [5.41, 5.74) is -0.316.